The third-order valence-corrected chi connectivity index (χ3v) is 4.48. The Bertz CT molecular complexity index is 697. The van der Waals surface area contributed by atoms with Crippen LogP contribution in [-0.4, -0.2) is 42.5 Å². The molecule has 0 amide bonds. The number of nitrogens with one attached hydrogen (secondary N) is 1. The zero-order valence-electron chi connectivity index (χ0n) is 14.9. The second kappa shape index (κ2) is 9.02. The van der Waals surface area contributed by atoms with Crippen molar-refractivity contribution < 1.29 is 0 Å². The molecule has 4 heteroatoms. The summed E-state index contributed by atoms with van der Waals surface area (Å²) in [5.74, 6) is 0.995. The van der Waals surface area contributed by atoms with Crippen LogP contribution in [-0.2, 0) is 6.42 Å². The third kappa shape index (κ3) is 5.18. The molecule has 1 saturated heterocycles. The van der Waals surface area contributed by atoms with Gasteiger partial charge < -0.3 is 10.2 Å². The largest absolute Gasteiger partial charge is 0.356 e. The molecule has 1 N–H and O–H groups in total. The van der Waals surface area contributed by atoms with Gasteiger partial charge in [-0.25, -0.2) is 0 Å². The minimum Gasteiger partial charge on any atom is -0.356 e. The van der Waals surface area contributed by atoms with Crippen LogP contribution in [0.3, 0.4) is 0 Å². The van der Waals surface area contributed by atoms with Crippen LogP contribution in [0.1, 0.15) is 24.1 Å². The summed E-state index contributed by atoms with van der Waals surface area (Å²) in [6, 6.07) is 16.6. The molecule has 0 aliphatic carbocycles. The highest BCUT2D eigenvalue weighted by Gasteiger charge is 2.16. The molecule has 4 nitrogen and oxygen atoms in total. The van der Waals surface area contributed by atoms with Gasteiger partial charge >= 0.3 is 0 Å². The van der Waals surface area contributed by atoms with E-state index in [0.717, 1.165) is 50.6 Å². The lowest BCUT2D eigenvalue weighted by Crippen LogP contribution is -2.45. The average molecular weight is 334 g/mol. The SMILES string of the molecule is CN=C(NCCc1ccccn1)N1CCC(=Cc2ccccc2)CC1. The molecule has 1 aromatic carbocycles. The van der Waals surface area contributed by atoms with E-state index in [0.29, 0.717) is 0 Å². The highest BCUT2D eigenvalue weighted by atomic mass is 15.3. The maximum atomic E-state index is 4.44. The second-order valence-electron chi connectivity index (χ2n) is 6.25. The number of guanidine groups is 1. The predicted molar refractivity (Wildman–Crippen MR) is 105 cm³/mol. The van der Waals surface area contributed by atoms with E-state index < -0.39 is 0 Å². The summed E-state index contributed by atoms with van der Waals surface area (Å²) >= 11 is 0. The first kappa shape index (κ1) is 17.2. The summed E-state index contributed by atoms with van der Waals surface area (Å²) in [4.78, 5) is 11.2. The fraction of sp³-hybridized carbons (Fsp3) is 0.333. The normalized spacial score (nSPS) is 15.2. The van der Waals surface area contributed by atoms with Crippen LogP contribution in [0.2, 0.25) is 0 Å². The Balaban J connectivity index is 1.48. The van der Waals surface area contributed by atoms with Gasteiger partial charge in [-0.2, -0.15) is 0 Å². The summed E-state index contributed by atoms with van der Waals surface area (Å²) in [5.41, 5.74) is 3.92. The van der Waals surface area contributed by atoms with Crippen molar-refractivity contribution in [2.24, 2.45) is 4.99 Å². The van der Waals surface area contributed by atoms with Crippen LogP contribution in [0, 0.1) is 0 Å². The van der Waals surface area contributed by atoms with E-state index in [2.05, 4.69) is 62.7 Å². The van der Waals surface area contributed by atoms with E-state index in [-0.39, 0.29) is 0 Å². The summed E-state index contributed by atoms with van der Waals surface area (Å²) in [6.45, 7) is 2.89. The molecule has 1 aliphatic heterocycles. The number of benzene rings is 1. The van der Waals surface area contributed by atoms with E-state index >= 15 is 0 Å². The molecule has 0 radical (unpaired) electrons. The van der Waals surface area contributed by atoms with E-state index in [4.69, 9.17) is 0 Å². The maximum Gasteiger partial charge on any atom is 0.193 e. The van der Waals surface area contributed by atoms with Gasteiger partial charge in [-0.05, 0) is 30.5 Å². The van der Waals surface area contributed by atoms with Gasteiger partial charge in [-0.15, -0.1) is 0 Å². The zero-order chi connectivity index (χ0) is 17.3. The van der Waals surface area contributed by atoms with Gasteiger partial charge in [-0.3, -0.25) is 9.98 Å². The molecule has 0 bridgehead atoms. The third-order valence-electron chi connectivity index (χ3n) is 4.48. The molecular formula is C21H26N4. The first-order chi connectivity index (χ1) is 12.3. The Morgan fingerprint density at radius 1 is 1.12 bits per heavy atom. The maximum absolute atomic E-state index is 4.44. The van der Waals surface area contributed by atoms with Crippen molar-refractivity contribution in [3.8, 4) is 0 Å². The minimum absolute atomic E-state index is 0.854. The number of hydrogen-bond acceptors (Lipinski definition) is 2. The van der Waals surface area contributed by atoms with Crippen molar-refractivity contribution >= 4 is 12.0 Å². The molecule has 3 rings (SSSR count). The Labute approximate surface area is 150 Å². The minimum atomic E-state index is 0.854. The molecule has 2 heterocycles. The van der Waals surface area contributed by atoms with Gasteiger partial charge in [0.1, 0.15) is 0 Å². The molecular weight excluding hydrogens is 308 g/mol. The van der Waals surface area contributed by atoms with Crippen LogP contribution < -0.4 is 5.32 Å². The summed E-state index contributed by atoms with van der Waals surface area (Å²) in [6.07, 6.45) is 7.27. The van der Waals surface area contributed by atoms with Crippen molar-refractivity contribution in [3.05, 3.63) is 71.6 Å². The molecule has 0 unspecified atom stereocenters. The van der Waals surface area contributed by atoms with Gasteiger partial charge in [0.05, 0.1) is 0 Å². The Morgan fingerprint density at radius 2 is 1.88 bits per heavy atom. The smallest absolute Gasteiger partial charge is 0.193 e. The highest BCUT2D eigenvalue weighted by molar-refractivity contribution is 5.80. The Kier molecular flexibility index (Phi) is 6.21. The standard InChI is InChI=1S/C21H26N4/c1-22-21(24-14-10-20-9-5-6-13-23-20)25-15-11-19(12-16-25)17-18-7-3-2-4-8-18/h2-9,13,17H,10-12,14-16H2,1H3,(H,22,24). The zero-order valence-corrected chi connectivity index (χ0v) is 14.9. The van der Waals surface area contributed by atoms with Crippen LogP contribution in [0.15, 0.2) is 65.3 Å². The first-order valence-electron chi connectivity index (χ1n) is 8.95. The average Bonchev–Trinajstić information content (AvgIpc) is 2.68. The monoisotopic (exact) mass is 334 g/mol. The molecule has 130 valence electrons. The molecule has 1 aromatic heterocycles. The predicted octanol–water partition coefficient (Wildman–Crippen LogP) is 3.38. The second-order valence-corrected chi connectivity index (χ2v) is 6.25. The quantitative estimate of drug-likeness (QED) is 0.688. The van der Waals surface area contributed by atoms with Crippen LogP contribution >= 0.6 is 0 Å². The van der Waals surface area contributed by atoms with Gasteiger partial charge in [-0.1, -0.05) is 48.0 Å². The van der Waals surface area contributed by atoms with E-state index in [1.54, 1.807) is 0 Å². The lowest BCUT2D eigenvalue weighted by Gasteiger charge is -2.31. The lowest BCUT2D eigenvalue weighted by atomic mass is 10.0. The van der Waals surface area contributed by atoms with Crippen molar-refractivity contribution in [2.45, 2.75) is 19.3 Å². The number of piperidine rings is 1. The van der Waals surface area contributed by atoms with Gasteiger partial charge in [0, 0.05) is 45.0 Å². The van der Waals surface area contributed by atoms with Crippen LogP contribution in [0.5, 0.6) is 0 Å². The van der Waals surface area contributed by atoms with E-state index in [1.165, 1.54) is 11.1 Å². The van der Waals surface area contributed by atoms with Crippen LogP contribution in [0.4, 0.5) is 0 Å². The molecule has 1 aliphatic rings. The van der Waals surface area contributed by atoms with Crippen molar-refractivity contribution in [1.82, 2.24) is 15.2 Å². The lowest BCUT2D eigenvalue weighted by molar-refractivity contribution is 0.376. The topological polar surface area (TPSA) is 40.5 Å². The molecule has 2 aromatic rings. The number of aromatic nitrogens is 1. The molecule has 0 atom stereocenters. The van der Waals surface area contributed by atoms with Crippen molar-refractivity contribution in [1.29, 1.82) is 0 Å². The van der Waals surface area contributed by atoms with Crippen molar-refractivity contribution in [2.75, 3.05) is 26.7 Å². The van der Waals surface area contributed by atoms with Gasteiger partial charge in [0.15, 0.2) is 5.96 Å². The van der Waals surface area contributed by atoms with Crippen molar-refractivity contribution in [3.63, 3.8) is 0 Å². The van der Waals surface area contributed by atoms with Crippen LogP contribution in [0.25, 0.3) is 6.08 Å². The molecule has 25 heavy (non-hydrogen) atoms. The molecule has 0 spiro atoms. The summed E-state index contributed by atoms with van der Waals surface area (Å²) < 4.78 is 0. The summed E-state index contributed by atoms with van der Waals surface area (Å²) in [5, 5.41) is 3.47. The van der Waals surface area contributed by atoms with E-state index in [9.17, 15) is 0 Å². The number of hydrogen-bond donors (Lipinski definition) is 1. The fourth-order valence-electron chi connectivity index (χ4n) is 3.12. The summed E-state index contributed by atoms with van der Waals surface area (Å²) in [7, 11) is 1.86. The highest BCUT2D eigenvalue weighted by Crippen LogP contribution is 2.19. The number of rotatable bonds is 4. The molecule has 1 fully saturated rings. The molecule has 0 saturated carbocycles. The fourth-order valence-corrected chi connectivity index (χ4v) is 3.12. The first-order valence-corrected chi connectivity index (χ1v) is 8.95. The number of likely N-dealkylation sites (tertiary alicyclic amines) is 1. The van der Waals surface area contributed by atoms with E-state index in [1.807, 2.05) is 25.4 Å². The Morgan fingerprint density at radius 3 is 2.56 bits per heavy atom. The Hall–Kier alpha value is -2.62. The van der Waals surface area contributed by atoms with Gasteiger partial charge in [0.25, 0.3) is 0 Å². The van der Waals surface area contributed by atoms with Gasteiger partial charge in [0.2, 0.25) is 0 Å². The number of nitrogens with zero attached hydrogens (tertiary/aromatic N) is 3. The number of aliphatic imine (C=N–C) groups is 1. The number of pyridine rings is 1.